The highest BCUT2D eigenvalue weighted by molar-refractivity contribution is 7.92. The Labute approximate surface area is 107 Å². The van der Waals surface area contributed by atoms with Crippen LogP contribution in [-0.4, -0.2) is 33.8 Å². The van der Waals surface area contributed by atoms with E-state index in [1.54, 1.807) is 6.07 Å². The lowest BCUT2D eigenvalue weighted by atomic mass is 10.3. The molecule has 6 heteroatoms. The van der Waals surface area contributed by atoms with Crippen LogP contribution in [0.1, 0.15) is 12.8 Å². The molecule has 0 aromatic heterocycles. The predicted molar refractivity (Wildman–Crippen MR) is 69.6 cm³/mol. The first-order valence-corrected chi connectivity index (χ1v) is 7.55. The Bertz CT molecular complexity index is 515. The van der Waals surface area contributed by atoms with Crippen molar-refractivity contribution in [1.82, 2.24) is 5.32 Å². The van der Waals surface area contributed by atoms with Crippen LogP contribution >= 0.6 is 0 Å². The fourth-order valence-electron chi connectivity index (χ4n) is 1.65. The third-order valence-electron chi connectivity index (χ3n) is 2.96. The molecule has 18 heavy (non-hydrogen) atoms. The minimum absolute atomic E-state index is 0.0243. The van der Waals surface area contributed by atoms with Crippen molar-refractivity contribution < 1.29 is 12.8 Å². The fraction of sp³-hybridized carbons (Fsp3) is 0.500. The molecule has 0 radical (unpaired) electrons. The number of hydrogen-bond donors (Lipinski definition) is 1. The van der Waals surface area contributed by atoms with Crippen molar-refractivity contribution in [2.75, 3.05) is 23.7 Å². The molecule has 0 heterocycles. The SMILES string of the molecule is CN(c1cccc(F)c1)S(=O)(=O)CCNC1CC1. The molecule has 1 aliphatic carbocycles. The molecule has 0 aliphatic heterocycles. The molecule has 2 rings (SSSR count). The number of rotatable bonds is 6. The second-order valence-corrected chi connectivity index (χ2v) is 6.61. The molecule has 1 fully saturated rings. The molecule has 0 bridgehead atoms. The second-order valence-electron chi connectivity index (χ2n) is 4.49. The van der Waals surface area contributed by atoms with Crippen molar-refractivity contribution in [1.29, 1.82) is 0 Å². The van der Waals surface area contributed by atoms with Gasteiger partial charge in [0.05, 0.1) is 11.4 Å². The van der Waals surface area contributed by atoms with Crippen molar-refractivity contribution >= 4 is 15.7 Å². The fourth-order valence-corrected chi connectivity index (χ4v) is 2.73. The van der Waals surface area contributed by atoms with Crippen molar-refractivity contribution in [3.05, 3.63) is 30.1 Å². The molecule has 1 aliphatic rings. The summed E-state index contributed by atoms with van der Waals surface area (Å²) in [4.78, 5) is 0. The summed E-state index contributed by atoms with van der Waals surface area (Å²) >= 11 is 0. The van der Waals surface area contributed by atoms with Crippen LogP contribution in [0, 0.1) is 5.82 Å². The Hall–Kier alpha value is -1.14. The Morgan fingerprint density at radius 3 is 2.78 bits per heavy atom. The van der Waals surface area contributed by atoms with Gasteiger partial charge in [-0.1, -0.05) is 6.07 Å². The average Bonchev–Trinajstić information content (AvgIpc) is 3.12. The molecule has 0 spiro atoms. The minimum atomic E-state index is -3.39. The summed E-state index contributed by atoms with van der Waals surface area (Å²) in [6.07, 6.45) is 2.25. The van der Waals surface area contributed by atoms with Gasteiger partial charge in [-0.25, -0.2) is 12.8 Å². The van der Waals surface area contributed by atoms with E-state index in [1.807, 2.05) is 0 Å². The summed E-state index contributed by atoms with van der Waals surface area (Å²) in [5, 5.41) is 3.15. The highest BCUT2D eigenvalue weighted by atomic mass is 32.2. The molecule has 1 N–H and O–H groups in total. The zero-order chi connectivity index (χ0) is 13.2. The van der Waals surface area contributed by atoms with E-state index in [4.69, 9.17) is 0 Å². The van der Waals surface area contributed by atoms with Gasteiger partial charge in [-0.15, -0.1) is 0 Å². The molecular formula is C12H17FN2O2S. The predicted octanol–water partition coefficient (Wildman–Crippen LogP) is 1.34. The van der Waals surface area contributed by atoms with Crippen molar-refractivity contribution in [2.45, 2.75) is 18.9 Å². The van der Waals surface area contributed by atoms with E-state index >= 15 is 0 Å². The standard InChI is InChI=1S/C12H17FN2O2S/c1-15(12-4-2-3-10(13)9-12)18(16,17)8-7-14-11-5-6-11/h2-4,9,11,14H,5-8H2,1H3. The van der Waals surface area contributed by atoms with Gasteiger partial charge in [-0.05, 0) is 31.0 Å². The van der Waals surface area contributed by atoms with E-state index < -0.39 is 15.8 Å². The number of anilines is 1. The number of sulfonamides is 1. The van der Waals surface area contributed by atoms with Gasteiger partial charge in [0.1, 0.15) is 5.82 Å². The molecule has 100 valence electrons. The topological polar surface area (TPSA) is 49.4 Å². The summed E-state index contributed by atoms with van der Waals surface area (Å²) in [7, 11) is -1.95. The van der Waals surface area contributed by atoms with E-state index in [0.29, 0.717) is 18.3 Å². The van der Waals surface area contributed by atoms with Gasteiger partial charge in [0, 0.05) is 19.6 Å². The molecule has 1 aromatic carbocycles. The zero-order valence-electron chi connectivity index (χ0n) is 10.3. The molecule has 0 amide bonds. The Kier molecular flexibility index (Phi) is 3.87. The van der Waals surface area contributed by atoms with Crippen LogP contribution in [0.5, 0.6) is 0 Å². The van der Waals surface area contributed by atoms with Crippen LogP contribution < -0.4 is 9.62 Å². The summed E-state index contributed by atoms with van der Waals surface area (Å²) in [6, 6.07) is 6.07. The molecule has 0 saturated heterocycles. The average molecular weight is 272 g/mol. The van der Waals surface area contributed by atoms with Gasteiger partial charge in [-0.2, -0.15) is 0 Å². The van der Waals surface area contributed by atoms with Crippen LogP contribution in [0.25, 0.3) is 0 Å². The van der Waals surface area contributed by atoms with Gasteiger partial charge >= 0.3 is 0 Å². The lowest BCUT2D eigenvalue weighted by Crippen LogP contribution is -2.34. The minimum Gasteiger partial charge on any atom is -0.313 e. The lowest BCUT2D eigenvalue weighted by Gasteiger charge is -2.19. The normalized spacial score (nSPS) is 15.7. The smallest absolute Gasteiger partial charge is 0.236 e. The van der Waals surface area contributed by atoms with Crippen molar-refractivity contribution in [3.8, 4) is 0 Å². The molecule has 1 saturated carbocycles. The quantitative estimate of drug-likeness (QED) is 0.850. The van der Waals surface area contributed by atoms with Gasteiger partial charge < -0.3 is 5.32 Å². The monoisotopic (exact) mass is 272 g/mol. The maximum Gasteiger partial charge on any atom is 0.236 e. The van der Waals surface area contributed by atoms with E-state index in [9.17, 15) is 12.8 Å². The Morgan fingerprint density at radius 1 is 1.44 bits per heavy atom. The maximum absolute atomic E-state index is 13.0. The Morgan fingerprint density at radius 2 is 2.17 bits per heavy atom. The number of nitrogens with one attached hydrogen (secondary N) is 1. The van der Waals surface area contributed by atoms with Crippen molar-refractivity contribution in [2.24, 2.45) is 0 Å². The third kappa shape index (κ3) is 3.43. The summed E-state index contributed by atoms with van der Waals surface area (Å²) in [5.74, 6) is -0.415. The van der Waals surface area contributed by atoms with Gasteiger partial charge in [0.2, 0.25) is 10.0 Å². The first kappa shape index (κ1) is 13.3. The summed E-state index contributed by atoms with van der Waals surface area (Å²) in [6.45, 7) is 0.437. The number of halogens is 1. The van der Waals surface area contributed by atoms with Crippen LogP contribution in [0.4, 0.5) is 10.1 Å². The van der Waals surface area contributed by atoms with E-state index in [1.165, 1.54) is 25.2 Å². The third-order valence-corrected chi connectivity index (χ3v) is 4.72. The number of nitrogens with zero attached hydrogens (tertiary/aromatic N) is 1. The molecule has 0 atom stereocenters. The highest BCUT2D eigenvalue weighted by Gasteiger charge is 2.23. The number of hydrogen-bond acceptors (Lipinski definition) is 3. The summed E-state index contributed by atoms with van der Waals surface area (Å²) in [5.41, 5.74) is 0.349. The van der Waals surface area contributed by atoms with Crippen molar-refractivity contribution in [3.63, 3.8) is 0 Å². The van der Waals surface area contributed by atoms with Gasteiger partial charge in [-0.3, -0.25) is 4.31 Å². The van der Waals surface area contributed by atoms with E-state index in [2.05, 4.69) is 5.32 Å². The highest BCUT2D eigenvalue weighted by Crippen LogP contribution is 2.19. The van der Waals surface area contributed by atoms with Crippen LogP contribution in [0.2, 0.25) is 0 Å². The first-order valence-electron chi connectivity index (χ1n) is 5.94. The summed E-state index contributed by atoms with van der Waals surface area (Å²) < 4.78 is 38.2. The molecule has 1 aromatic rings. The Balaban J connectivity index is 1.99. The largest absolute Gasteiger partial charge is 0.313 e. The van der Waals surface area contributed by atoms with E-state index in [0.717, 1.165) is 17.1 Å². The van der Waals surface area contributed by atoms with Gasteiger partial charge in [0.25, 0.3) is 0 Å². The van der Waals surface area contributed by atoms with Crippen LogP contribution in [0.3, 0.4) is 0 Å². The first-order chi connectivity index (χ1) is 8.49. The van der Waals surface area contributed by atoms with E-state index in [-0.39, 0.29) is 5.75 Å². The van der Waals surface area contributed by atoms with Gasteiger partial charge in [0.15, 0.2) is 0 Å². The zero-order valence-corrected chi connectivity index (χ0v) is 11.1. The maximum atomic E-state index is 13.0. The molecule has 4 nitrogen and oxygen atoms in total. The lowest BCUT2D eigenvalue weighted by molar-refractivity contribution is 0.588. The van der Waals surface area contributed by atoms with Crippen LogP contribution in [-0.2, 0) is 10.0 Å². The second kappa shape index (κ2) is 5.24. The molecular weight excluding hydrogens is 255 g/mol. The number of benzene rings is 1. The van der Waals surface area contributed by atoms with Crippen LogP contribution in [0.15, 0.2) is 24.3 Å². The molecule has 0 unspecified atom stereocenters.